The van der Waals surface area contributed by atoms with Gasteiger partial charge in [0.2, 0.25) is 0 Å². The van der Waals surface area contributed by atoms with Crippen molar-refractivity contribution in [3.63, 3.8) is 0 Å². The summed E-state index contributed by atoms with van der Waals surface area (Å²) in [5.74, 6) is 0. The van der Waals surface area contributed by atoms with Gasteiger partial charge in [0.25, 0.3) is 0 Å². The molecule has 3 aromatic heterocycles. The monoisotopic (exact) mass is 200 g/mol. The number of nitrogens with zero attached hydrogens (tertiary/aromatic N) is 2. The van der Waals surface area contributed by atoms with Crippen molar-refractivity contribution in [3.05, 3.63) is 36.3 Å². The standard InChI is InChI=1S/C11H8N2S/c1-7-5-9-8-3-2-4-12-11(8)14-10(9)6-13-7/h2-6H,1H3. The van der Waals surface area contributed by atoms with Crippen LogP contribution in [0.15, 0.2) is 30.6 Å². The zero-order valence-corrected chi connectivity index (χ0v) is 8.51. The zero-order valence-electron chi connectivity index (χ0n) is 7.69. The highest BCUT2D eigenvalue weighted by molar-refractivity contribution is 7.25. The number of aromatic nitrogens is 2. The topological polar surface area (TPSA) is 25.8 Å². The molecule has 0 aromatic carbocycles. The normalized spacial score (nSPS) is 11.2. The Bertz CT molecular complexity index is 613. The predicted molar refractivity (Wildman–Crippen MR) is 59.7 cm³/mol. The molecule has 0 amide bonds. The molecule has 0 N–H and O–H groups in total. The average molecular weight is 200 g/mol. The maximum Gasteiger partial charge on any atom is 0.124 e. The van der Waals surface area contributed by atoms with Gasteiger partial charge in [0.15, 0.2) is 0 Å². The van der Waals surface area contributed by atoms with E-state index >= 15 is 0 Å². The summed E-state index contributed by atoms with van der Waals surface area (Å²) in [6, 6.07) is 6.21. The van der Waals surface area contributed by atoms with Crippen LogP contribution in [0.25, 0.3) is 20.3 Å². The van der Waals surface area contributed by atoms with Crippen LogP contribution < -0.4 is 0 Å². The lowest BCUT2D eigenvalue weighted by atomic mass is 10.2. The number of aryl methyl sites for hydroxylation is 1. The summed E-state index contributed by atoms with van der Waals surface area (Å²) < 4.78 is 1.21. The summed E-state index contributed by atoms with van der Waals surface area (Å²) in [5, 5.41) is 2.50. The summed E-state index contributed by atoms with van der Waals surface area (Å²) in [6.07, 6.45) is 3.76. The quantitative estimate of drug-likeness (QED) is 0.557. The van der Waals surface area contributed by atoms with Gasteiger partial charge in [-0.3, -0.25) is 4.98 Å². The number of hydrogen-bond acceptors (Lipinski definition) is 3. The molecule has 2 nitrogen and oxygen atoms in total. The smallest absolute Gasteiger partial charge is 0.124 e. The van der Waals surface area contributed by atoms with Gasteiger partial charge in [-0.25, -0.2) is 4.98 Å². The Morgan fingerprint density at radius 1 is 1.21 bits per heavy atom. The number of hydrogen-bond donors (Lipinski definition) is 0. The molecule has 0 saturated carbocycles. The highest BCUT2D eigenvalue weighted by atomic mass is 32.1. The van der Waals surface area contributed by atoms with E-state index in [1.807, 2.05) is 25.4 Å². The van der Waals surface area contributed by atoms with Gasteiger partial charge >= 0.3 is 0 Å². The Kier molecular flexibility index (Phi) is 1.55. The highest BCUT2D eigenvalue weighted by Gasteiger charge is 2.04. The van der Waals surface area contributed by atoms with Crippen molar-refractivity contribution in [2.45, 2.75) is 6.92 Å². The van der Waals surface area contributed by atoms with Crippen molar-refractivity contribution < 1.29 is 0 Å². The van der Waals surface area contributed by atoms with E-state index in [0.29, 0.717) is 0 Å². The first-order valence-electron chi connectivity index (χ1n) is 4.44. The molecule has 0 unspecified atom stereocenters. The molecular weight excluding hydrogens is 192 g/mol. The molecular formula is C11H8N2S. The molecule has 0 atom stereocenters. The second-order valence-electron chi connectivity index (χ2n) is 3.28. The van der Waals surface area contributed by atoms with Gasteiger partial charge in [-0.05, 0) is 25.1 Å². The Morgan fingerprint density at radius 3 is 3.07 bits per heavy atom. The van der Waals surface area contributed by atoms with Crippen LogP contribution in [0.3, 0.4) is 0 Å². The van der Waals surface area contributed by atoms with E-state index in [-0.39, 0.29) is 0 Å². The number of fused-ring (bicyclic) bond motifs is 3. The summed E-state index contributed by atoms with van der Waals surface area (Å²) in [4.78, 5) is 9.72. The Hall–Kier alpha value is -1.48. The van der Waals surface area contributed by atoms with Crippen molar-refractivity contribution in [1.82, 2.24) is 9.97 Å². The third-order valence-electron chi connectivity index (χ3n) is 2.27. The molecule has 0 fully saturated rings. The van der Waals surface area contributed by atoms with Crippen LogP contribution in [0, 0.1) is 6.92 Å². The fourth-order valence-corrected chi connectivity index (χ4v) is 2.61. The minimum atomic E-state index is 1.06. The highest BCUT2D eigenvalue weighted by Crippen LogP contribution is 2.31. The van der Waals surface area contributed by atoms with Crippen molar-refractivity contribution in [1.29, 1.82) is 0 Å². The summed E-state index contributed by atoms with van der Waals surface area (Å²) in [5.41, 5.74) is 1.06. The van der Waals surface area contributed by atoms with Gasteiger partial charge in [0, 0.05) is 28.9 Å². The predicted octanol–water partition coefficient (Wildman–Crippen LogP) is 3.15. The van der Waals surface area contributed by atoms with E-state index in [0.717, 1.165) is 10.5 Å². The summed E-state index contributed by atoms with van der Waals surface area (Å²) >= 11 is 1.70. The van der Waals surface area contributed by atoms with Crippen LogP contribution in [0.4, 0.5) is 0 Å². The van der Waals surface area contributed by atoms with E-state index in [9.17, 15) is 0 Å². The van der Waals surface area contributed by atoms with Crippen molar-refractivity contribution in [2.75, 3.05) is 0 Å². The number of thiophene rings is 1. The summed E-state index contributed by atoms with van der Waals surface area (Å²) in [7, 11) is 0. The molecule has 0 spiro atoms. The van der Waals surface area contributed by atoms with E-state index in [4.69, 9.17) is 0 Å². The maximum absolute atomic E-state index is 4.34. The number of rotatable bonds is 0. The van der Waals surface area contributed by atoms with Crippen LogP contribution in [0.1, 0.15) is 5.69 Å². The first kappa shape index (κ1) is 7.88. The Balaban J connectivity index is 2.58. The van der Waals surface area contributed by atoms with Gasteiger partial charge < -0.3 is 0 Å². The molecule has 0 aliphatic rings. The van der Waals surface area contributed by atoms with Crippen LogP contribution in [0.5, 0.6) is 0 Å². The molecule has 14 heavy (non-hydrogen) atoms. The molecule has 3 heteroatoms. The van der Waals surface area contributed by atoms with Crippen LogP contribution in [-0.2, 0) is 0 Å². The fraction of sp³-hybridized carbons (Fsp3) is 0.0909. The van der Waals surface area contributed by atoms with Crippen LogP contribution >= 0.6 is 11.3 Å². The Labute approximate surface area is 85.2 Å². The molecule has 0 aliphatic carbocycles. The second-order valence-corrected chi connectivity index (χ2v) is 4.31. The Morgan fingerprint density at radius 2 is 2.14 bits per heavy atom. The number of pyridine rings is 2. The van der Waals surface area contributed by atoms with Crippen molar-refractivity contribution in [3.8, 4) is 0 Å². The lowest BCUT2D eigenvalue weighted by Crippen LogP contribution is -1.76. The molecule has 3 aromatic rings. The second kappa shape index (κ2) is 2.75. The van der Waals surface area contributed by atoms with Gasteiger partial charge in [0.05, 0.1) is 4.70 Å². The van der Waals surface area contributed by atoms with Crippen molar-refractivity contribution in [2.24, 2.45) is 0 Å². The van der Waals surface area contributed by atoms with Gasteiger partial charge in [0.1, 0.15) is 4.83 Å². The summed E-state index contributed by atoms with van der Waals surface area (Å²) in [6.45, 7) is 2.01. The average Bonchev–Trinajstić information content (AvgIpc) is 2.56. The SMILES string of the molecule is Cc1cc2c(cn1)sc1ncccc12. The van der Waals surface area contributed by atoms with E-state index < -0.39 is 0 Å². The molecule has 0 bridgehead atoms. The van der Waals surface area contributed by atoms with Crippen molar-refractivity contribution >= 4 is 31.6 Å². The van der Waals surface area contributed by atoms with E-state index in [2.05, 4.69) is 22.1 Å². The third kappa shape index (κ3) is 1.02. The molecule has 3 rings (SSSR count). The lowest BCUT2D eigenvalue weighted by molar-refractivity contribution is 1.23. The first-order chi connectivity index (χ1) is 6.84. The molecule has 3 heterocycles. The largest absolute Gasteiger partial charge is 0.260 e. The molecule has 0 aliphatic heterocycles. The van der Waals surface area contributed by atoms with Crippen LogP contribution in [0.2, 0.25) is 0 Å². The fourth-order valence-electron chi connectivity index (χ4n) is 1.62. The van der Waals surface area contributed by atoms with Gasteiger partial charge in [-0.2, -0.15) is 0 Å². The minimum Gasteiger partial charge on any atom is -0.260 e. The van der Waals surface area contributed by atoms with E-state index in [1.54, 1.807) is 11.3 Å². The molecule has 0 radical (unpaired) electrons. The zero-order chi connectivity index (χ0) is 9.54. The maximum atomic E-state index is 4.34. The molecule has 68 valence electrons. The van der Waals surface area contributed by atoms with Gasteiger partial charge in [-0.15, -0.1) is 11.3 Å². The van der Waals surface area contributed by atoms with E-state index in [1.165, 1.54) is 15.5 Å². The third-order valence-corrected chi connectivity index (χ3v) is 3.34. The first-order valence-corrected chi connectivity index (χ1v) is 5.26. The van der Waals surface area contributed by atoms with Gasteiger partial charge in [-0.1, -0.05) is 0 Å². The molecule has 0 saturated heterocycles. The minimum absolute atomic E-state index is 1.06. The lowest BCUT2D eigenvalue weighted by Gasteiger charge is -1.91. The van der Waals surface area contributed by atoms with Crippen LogP contribution in [-0.4, -0.2) is 9.97 Å².